The molecule has 0 spiro atoms. The van der Waals surface area contributed by atoms with Gasteiger partial charge in [0.15, 0.2) is 0 Å². The number of thioether (sulfide) groups is 1. The van der Waals surface area contributed by atoms with E-state index in [1.165, 1.54) is 94.9 Å². The summed E-state index contributed by atoms with van der Waals surface area (Å²) in [4.78, 5) is 13.2. The molecule has 1 heterocycles. The normalized spacial score (nSPS) is 13.8. The molecule has 0 unspecified atom stereocenters. The molecule has 0 fully saturated rings. The fraction of sp³-hybridized carbons (Fsp3) is 0.680. The van der Waals surface area contributed by atoms with Crippen molar-refractivity contribution in [3.63, 3.8) is 0 Å². The van der Waals surface area contributed by atoms with Crippen molar-refractivity contribution >= 4 is 40.8 Å². The van der Waals surface area contributed by atoms with Gasteiger partial charge >= 0.3 is 0 Å². The van der Waals surface area contributed by atoms with Crippen LogP contribution in [0.2, 0.25) is 5.02 Å². The van der Waals surface area contributed by atoms with Gasteiger partial charge in [0.2, 0.25) is 0 Å². The number of carbonyl (C=O) groups is 1. The number of carbonyl (C=O) groups excluding carboxylic acids is 1. The van der Waals surface area contributed by atoms with Gasteiger partial charge in [-0.1, -0.05) is 102 Å². The predicted octanol–water partition coefficient (Wildman–Crippen LogP) is 7.92. The lowest BCUT2D eigenvalue weighted by Crippen LogP contribution is -2.20. The number of nitrogens with zero attached hydrogens (tertiary/aromatic N) is 2. The van der Waals surface area contributed by atoms with Crippen LogP contribution >= 0.6 is 23.4 Å². The Kier molecular flexibility index (Phi) is 13.1. The Morgan fingerprint density at radius 1 is 0.935 bits per heavy atom. The summed E-state index contributed by atoms with van der Waals surface area (Å²) in [6.45, 7) is 2.28. The lowest BCUT2D eigenvalue weighted by molar-refractivity contribution is -0.116. The van der Waals surface area contributed by atoms with Crippen LogP contribution in [0.1, 0.15) is 103 Å². The van der Waals surface area contributed by atoms with Crippen LogP contribution in [-0.4, -0.2) is 17.5 Å². The quantitative estimate of drug-likeness (QED) is 0.187. The van der Waals surface area contributed by atoms with Gasteiger partial charge in [0, 0.05) is 9.92 Å². The molecule has 1 aromatic carbocycles. The zero-order chi connectivity index (χ0) is 22.3. The second kappa shape index (κ2) is 15.6. The molecule has 1 aliphatic rings. The third kappa shape index (κ3) is 10.3. The summed E-state index contributed by atoms with van der Waals surface area (Å²) < 4.78 is 0. The molecule has 0 bridgehead atoms. The monoisotopic (exact) mass is 465 g/mol. The largest absolute Gasteiger partial charge is 0.385 e. The van der Waals surface area contributed by atoms with E-state index in [9.17, 15) is 4.79 Å². The van der Waals surface area contributed by atoms with Crippen molar-refractivity contribution in [3.8, 4) is 0 Å². The van der Waals surface area contributed by atoms with Gasteiger partial charge in [-0.05, 0) is 30.4 Å². The molecule has 0 saturated carbocycles. The van der Waals surface area contributed by atoms with Gasteiger partial charge in [0.25, 0.3) is 5.91 Å². The number of hydrogen-bond acceptors (Lipinski definition) is 4. The third-order valence-electron chi connectivity index (χ3n) is 5.70. The fourth-order valence-electron chi connectivity index (χ4n) is 3.89. The maximum atomic E-state index is 12.1. The fourth-order valence-corrected chi connectivity index (χ4v) is 5.09. The minimum atomic E-state index is -0.0990. The number of benzene rings is 1. The van der Waals surface area contributed by atoms with E-state index in [0.717, 1.165) is 16.3 Å². The molecule has 1 aromatic rings. The summed E-state index contributed by atoms with van der Waals surface area (Å²) in [6, 6.07) is 5.64. The Morgan fingerprint density at radius 2 is 1.48 bits per heavy atom. The van der Waals surface area contributed by atoms with Crippen molar-refractivity contribution in [1.82, 2.24) is 0 Å². The summed E-state index contributed by atoms with van der Waals surface area (Å²) in [7, 11) is 0. The number of hydrazone groups is 1. The summed E-state index contributed by atoms with van der Waals surface area (Å²) in [5.74, 6) is 1.29. The van der Waals surface area contributed by atoms with E-state index in [1.807, 2.05) is 12.1 Å². The molecule has 31 heavy (non-hydrogen) atoms. The first-order chi connectivity index (χ1) is 15.1. The van der Waals surface area contributed by atoms with Crippen LogP contribution in [0.3, 0.4) is 0 Å². The maximum Gasteiger partial charge on any atom is 0.255 e. The topological polar surface area (TPSA) is 58.7 Å². The summed E-state index contributed by atoms with van der Waals surface area (Å²) >= 11 is 7.92. The van der Waals surface area contributed by atoms with Crippen molar-refractivity contribution in [2.24, 2.45) is 10.8 Å². The van der Waals surface area contributed by atoms with Gasteiger partial charge in [-0.25, -0.2) is 0 Å². The number of hydrogen-bond donors (Lipinski definition) is 1. The summed E-state index contributed by atoms with van der Waals surface area (Å²) in [5.41, 5.74) is 6.47. The first kappa shape index (κ1) is 26.1. The van der Waals surface area contributed by atoms with E-state index in [-0.39, 0.29) is 12.3 Å². The Hall–Kier alpha value is -1.20. The minimum absolute atomic E-state index is 0.0990. The van der Waals surface area contributed by atoms with Gasteiger partial charge in [-0.3, -0.25) is 4.79 Å². The molecule has 1 amide bonds. The smallest absolute Gasteiger partial charge is 0.255 e. The molecule has 174 valence electrons. The van der Waals surface area contributed by atoms with E-state index in [0.29, 0.717) is 10.9 Å². The van der Waals surface area contributed by atoms with Gasteiger partial charge in [0.05, 0.1) is 12.1 Å². The highest BCUT2D eigenvalue weighted by atomic mass is 35.5. The average molecular weight is 466 g/mol. The first-order valence-electron chi connectivity index (χ1n) is 12.2. The molecule has 0 radical (unpaired) electrons. The standard InChI is InChI=1S/C25H40ClN3OS/c1-2-3-4-5-6-7-8-9-10-11-12-13-14-15-18-31-23-17-16-21(26)19-22(23)29-25(30)20-24(27)28-29/h16-17,19H,2-15,18,20H2,1H3,(H2,27,28). The van der Waals surface area contributed by atoms with Crippen LogP contribution in [-0.2, 0) is 4.79 Å². The number of anilines is 1. The van der Waals surface area contributed by atoms with Crippen LogP contribution in [0.4, 0.5) is 5.69 Å². The number of amides is 1. The molecule has 6 heteroatoms. The number of unbranched alkanes of at least 4 members (excludes halogenated alkanes) is 13. The Labute approximate surface area is 198 Å². The first-order valence-corrected chi connectivity index (χ1v) is 13.6. The molecule has 0 atom stereocenters. The number of nitrogens with two attached hydrogens (primary N) is 1. The van der Waals surface area contributed by atoms with Gasteiger partial charge in [-0.15, -0.1) is 11.8 Å². The van der Waals surface area contributed by atoms with Crippen LogP contribution < -0.4 is 10.7 Å². The SMILES string of the molecule is CCCCCCCCCCCCCCCCSc1ccc(Cl)cc1N1N=C(N)CC1=O. The number of rotatable bonds is 17. The highest BCUT2D eigenvalue weighted by Crippen LogP contribution is 2.35. The molecular weight excluding hydrogens is 426 g/mol. The van der Waals surface area contributed by atoms with E-state index >= 15 is 0 Å². The van der Waals surface area contributed by atoms with Crippen molar-refractivity contribution < 1.29 is 4.79 Å². The van der Waals surface area contributed by atoms with E-state index < -0.39 is 0 Å². The highest BCUT2D eigenvalue weighted by Gasteiger charge is 2.25. The zero-order valence-corrected chi connectivity index (χ0v) is 20.8. The van der Waals surface area contributed by atoms with Crippen LogP contribution in [0.15, 0.2) is 28.2 Å². The maximum absolute atomic E-state index is 12.1. The van der Waals surface area contributed by atoms with E-state index in [2.05, 4.69) is 12.0 Å². The third-order valence-corrected chi connectivity index (χ3v) is 7.09. The summed E-state index contributed by atoms with van der Waals surface area (Å²) in [6.07, 6.45) is 19.3. The molecule has 4 nitrogen and oxygen atoms in total. The van der Waals surface area contributed by atoms with Crippen molar-refractivity contribution in [2.45, 2.75) is 108 Å². The molecular formula is C25H40ClN3OS. The highest BCUT2D eigenvalue weighted by molar-refractivity contribution is 7.99. The molecule has 2 rings (SSSR count). The van der Waals surface area contributed by atoms with Crippen molar-refractivity contribution in [2.75, 3.05) is 10.8 Å². The number of amidine groups is 1. The number of halogens is 1. The van der Waals surface area contributed by atoms with Gasteiger partial charge < -0.3 is 5.73 Å². The molecule has 0 aromatic heterocycles. The minimum Gasteiger partial charge on any atom is -0.385 e. The van der Waals surface area contributed by atoms with Gasteiger partial charge in [0.1, 0.15) is 5.84 Å². The second-order valence-electron chi connectivity index (χ2n) is 8.53. The van der Waals surface area contributed by atoms with Crippen LogP contribution in [0.25, 0.3) is 0 Å². The van der Waals surface area contributed by atoms with Crippen LogP contribution in [0.5, 0.6) is 0 Å². The van der Waals surface area contributed by atoms with Crippen molar-refractivity contribution in [3.05, 3.63) is 23.2 Å². The average Bonchev–Trinajstić information content (AvgIpc) is 3.09. The summed E-state index contributed by atoms with van der Waals surface area (Å²) in [5, 5.41) is 6.17. The Bertz CT molecular complexity index is 695. The Balaban J connectivity index is 1.52. The van der Waals surface area contributed by atoms with E-state index in [1.54, 1.807) is 17.8 Å². The lowest BCUT2D eigenvalue weighted by atomic mass is 10.0. The van der Waals surface area contributed by atoms with E-state index in [4.69, 9.17) is 17.3 Å². The second-order valence-corrected chi connectivity index (χ2v) is 10.1. The van der Waals surface area contributed by atoms with Gasteiger partial charge in [-0.2, -0.15) is 10.1 Å². The molecule has 0 saturated heterocycles. The molecule has 2 N–H and O–H groups in total. The molecule has 0 aliphatic carbocycles. The molecule has 1 aliphatic heterocycles. The zero-order valence-electron chi connectivity index (χ0n) is 19.2. The predicted molar refractivity (Wildman–Crippen MR) is 136 cm³/mol. The Morgan fingerprint density at radius 3 is 2.00 bits per heavy atom. The van der Waals surface area contributed by atoms with Crippen LogP contribution in [0, 0.1) is 0 Å². The van der Waals surface area contributed by atoms with Crippen molar-refractivity contribution in [1.29, 1.82) is 0 Å². The lowest BCUT2D eigenvalue weighted by Gasteiger charge is -2.16.